The minimum Gasteiger partial charge on any atom is -0.508 e. The molecule has 0 aromatic heterocycles. The fraction of sp³-hybridized carbons (Fsp3) is 0.467. The standard InChI is InChI=1S/C15H21NO5/c1-15(2,3)21-14(20)16-11(13(18)19)9-8-10-6-4-5-7-12(10)17/h4-7,11,17H,8-9H2,1-3H3,(H,16,20)(H,18,19)/t11-/m1/s1. The van der Waals surface area contributed by atoms with Gasteiger partial charge in [0.25, 0.3) is 0 Å². The molecule has 0 aliphatic carbocycles. The number of amides is 1. The number of carboxylic acid groups (broad SMARTS) is 1. The third-order valence-corrected chi connectivity index (χ3v) is 2.68. The van der Waals surface area contributed by atoms with E-state index < -0.39 is 23.7 Å². The number of benzene rings is 1. The van der Waals surface area contributed by atoms with Gasteiger partial charge in [-0.15, -0.1) is 0 Å². The van der Waals surface area contributed by atoms with Gasteiger partial charge in [0.2, 0.25) is 0 Å². The van der Waals surface area contributed by atoms with E-state index in [1.54, 1.807) is 39.0 Å². The fourth-order valence-corrected chi connectivity index (χ4v) is 1.73. The molecule has 1 aromatic carbocycles. The average Bonchev–Trinajstić information content (AvgIpc) is 2.33. The number of hydrogen-bond acceptors (Lipinski definition) is 4. The zero-order valence-electron chi connectivity index (χ0n) is 12.4. The molecule has 0 unspecified atom stereocenters. The molecule has 3 N–H and O–H groups in total. The molecule has 1 aromatic rings. The fourth-order valence-electron chi connectivity index (χ4n) is 1.73. The number of aryl methyl sites for hydroxylation is 1. The lowest BCUT2D eigenvalue weighted by molar-refractivity contribution is -0.139. The molecule has 0 saturated heterocycles. The van der Waals surface area contributed by atoms with Crippen molar-refractivity contribution in [1.29, 1.82) is 0 Å². The normalized spacial score (nSPS) is 12.5. The van der Waals surface area contributed by atoms with Gasteiger partial charge in [-0.1, -0.05) is 18.2 Å². The van der Waals surface area contributed by atoms with Crippen LogP contribution in [0.15, 0.2) is 24.3 Å². The number of hydrogen-bond donors (Lipinski definition) is 3. The van der Waals surface area contributed by atoms with Crippen molar-refractivity contribution in [3.05, 3.63) is 29.8 Å². The third kappa shape index (κ3) is 6.16. The second kappa shape index (κ2) is 6.97. The van der Waals surface area contributed by atoms with Crippen molar-refractivity contribution in [2.24, 2.45) is 0 Å². The number of carboxylic acids is 1. The largest absolute Gasteiger partial charge is 0.508 e. The minimum atomic E-state index is -1.14. The molecule has 6 heteroatoms. The Morgan fingerprint density at radius 1 is 1.29 bits per heavy atom. The molecule has 6 nitrogen and oxygen atoms in total. The van der Waals surface area contributed by atoms with Gasteiger partial charge in [-0.3, -0.25) is 0 Å². The minimum absolute atomic E-state index is 0.110. The Morgan fingerprint density at radius 3 is 2.43 bits per heavy atom. The van der Waals surface area contributed by atoms with E-state index in [0.717, 1.165) is 0 Å². The molecule has 0 spiro atoms. The maximum atomic E-state index is 11.6. The van der Waals surface area contributed by atoms with Gasteiger partial charge >= 0.3 is 12.1 Å². The van der Waals surface area contributed by atoms with Crippen LogP contribution in [0, 0.1) is 0 Å². The summed E-state index contributed by atoms with van der Waals surface area (Å²) in [6, 6.07) is 5.62. The zero-order chi connectivity index (χ0) is 16.0. The highest BCUT2D eigenvalue weighted by atomic mass is 16.6. The second-order valence-corrected chi connectivity index (χ2v) is 5.70. The Balaban J connectivity index is 2.61. The molecule has 0 heterocycles. The summed E-state index contributed by atoms with van der Waals surface area (Å²) >= 11 is 0. The van der Waals surface area contributed by atoms with Crippen molar-refractivity contribution in [3.63, 3.8) is 0 Å². The number of aromatic hydroxyl groups is 1. The van der Waals surface area contributed by atoms with Crippen LogP contribution in [0.4, 0.5) is 4.79 Å². The SMILES string of the molecule is CC(C)(C)OC(=O)N[C@H](CCc1ccccc1O)C(=O)O. The molecule has 0 fully saturated rings. The van der Waals surface area contributed by atoms with Crippen molar-refractivity contribution in [2.75, 3.05) is 0 Å². The zero-order valence-corrected chi connectivity index (χ0v) is 12.4. The van der Waals surface area contributed by atoms with E-state index in [4.69, 9.17) is 9.84 Å². The van der Waals surface area contributed by atoms with Crippen molar-refractivity contribution < 1.29 is 24.5 Å². The molecule has 1 atom stereocenters. The number of carbonyl (C=O) groups is 2. The summed E-state index contributed by atoms with van der Waals surface area (Å²) in [6.07, 6.45) is -0.279. The maximum absolute atomic E-state index is 11.6. The molecule has 0 aliphatic rings. The van der Waals surface area contributed by atoms with E-state index >= 15 is 0 Å². The lowest BCUT2D eigenvalue weighted by atomic mass is 10.0. The molecule has 21 heavy (non-hydrogen) atoms. The summed E-state index contributed by atoms with van der Waals surface area (Å²) in [5, 5.41) is 21.1. The highest BCUT2D eigenvalue weighted by Gasteiger charge is 2.23. The number of para-hydroxylation sites is 1. The number of phenolic OH excluding ortho intramolecular Hbond substituents is 1. The monoisotopic (exact) mass is 295 g/mol. The molecule has 1 rings (SSSR count). The Kier molecular flexibility index (Phi) is 5.58. The van der Waals surface area contributed by atoms with Crippen LogP contribution < -0.4 is 5.32 Å². The average molecular weight is 295 g/mol. The van der Waals surface area contributed by atoms with E-state index in [1.807, 2.05) is 0 Å². The van der Waals surface area contributed by atoms with Gasteiger partial charge in [0, 0.05) is 0 Å². The first-order valence-corrected chi connectivity index (χ1v) is 6.68. The van der Waals surface area contributed by atoms with E-state index in [0.29, 0.717) is 12.0 Å². The highest BCUT2D eigenvalue weighted by molar-refractivity contribution is 5.80. The Hall–Kier alpha value is -2.24. The van der Waals surface area contributed by atoms with Crippen molar-refractivity contribution in [1.82, 2.24) is 5.32 Å². The number of rotatable bonds is 5. The Morgan fingerprint density at radius 2 is 1.90 bits per heavy atom. The van der Waals surface area contributed by atoms with E-state index in [9.17, 15) is 14.7 Å². The molecule has 0 aliphatic heterocycles. The highest BCUT2D eigenvalue weighted by Crippen LogP contribution is 2.18. The van der Waals surface area contributed by atoms with E-state index in [-0.39, 0.29) is 12.2 Å². The number of ether oxygens (including phenoxy) is 1. The molecule has 0 saturated carbocycles. The van der Waals surface area contributed by atoms with Gasteiger partial charge in [0.15, 0.2) is 0 Å². The molecule has 0 bridgehead atoms. The summed E-state index contributed by atoms with van der Waals surface area (Å²) in [4.78, 5) is 22.8. The molecule has 1 amide bonds. The molecular weight excluding hydrogens is 274 g/mol. The van der Waals surface area contributed by atoms with Crippen molar-refractivity contribution >= 4 is 12.1 Å². The van der Waals surface area contributed by atoms with Gasteiger partial charge in [-0.2, -0.15) is 0 Å². The van der Waals surface area contributed by atoms with E-state index in [1.165, 1.54) is 6.07 Å². The lowest BCUT2D eigenvalue weighted by Crippen LogP contribution is -2.43. The van der Waals surface area contributed by atoms with Crippen LogP contribution in [0.1, 0.15) is 32.8 Å². The summed E-state index contributed by atoms with van der Waals surface area (Å²) in [6.45, 7) is 5.10. The molecule has 116 valence electrons. The smallest absolute Gasteiger partial charge is 0.408 e. The van der Waals surface area contributed by atoms with E-state index in [2.05, 4.69) is 5.32 Å². The molecular formula is C15H21NO5. The third-order valence-electron chi connectivity index (χ3n) is 2.68. The maximum Gasteiger partial charge on any atom is 0.408 e. The predicted molar refractivity (Wildman–Crippen MR) is 77.2 cm³/mol. The van der Waals surface area contributed by atoms with Crippen LogP contribution in [0.25, 0.3) is 0 Å². The van der Waals surface area contributed by atoms with Crippen LogP contribution in [0.3, 0.4) is 0 Å². The Labute approximate surface area is 123 Å². The van der Waals surface area contributed by atoms with Gasteiger partial charge < -0.3 is 20.3 Å². The van der Waals surface area contributed by atoms with Crippen LogP contribution in [-0.4, -0.2) is 33.9 Å². The van der Waals surface area contributed by atoms with Gasteiger partial charge in [0.05, 0.1) is 0 Å². The van der Waals surface area contributed by atoms with Crippen LogP contribution in [-0.2, 0) is 16.0 Å². The van der Waals surface area contributed by atoms with Crippen molar-refractivity contribution in [3.8, 4) is 5.75 Å². The van der Waals surface area contributed by atoms with Crippen LogP contribution >= 0.6 is 0 Å². The first-order chi connectivity index (χ1) is 9.69. The summed E-state index contributed by atoms with van der Waals surface area (Å²) in [7, 11) is 0. The molecule has 0 radical (unpaired) electrons. The predicted octanol–water partition coefficient (Wildman–Crippen LogP) is 2.30. The summed E-state index contributed by atoms with van der Waals surface area (Å²) < 4.78 is 5.03. The number of phenols is 1. The number of carbonyl (C=O) groups excluding carboxylic acids is 1. The summed E-state index contributed by atoms with van der Waals surface area (Å²) in [5.41, 5.74) is -0.0556. The topological polar surface area (TPSA) is 95.9 Å². The van der Waals surface area contributed by atoms with Gasteiger partial charge in [0.1, 0.15) is 17.4 Å². The van der Waals surface area contributed by atoms with Gasteiger partial charge in [-0.25, -0.2) is 9.59 Å². The van der Waals surface area contributed by atoms with Gasteiger partial charge in [-0.05, 0) is 45.2 Å². The number of aliphatic carboxylic acids is 1. The second-order valence-electron chi connectivity index (χ2n) is 5.70. The van der Waals surface area contributed by atoms with Crippen LogP contribution in [0.2, 0.25) is 0 Å². The van der Waals surface area contributed by atoms with Crippen LogP contribution in [0.5, 0.6) is 5.75 Å². The first-order valence-electron chi connectivity index (χ1n) is 6.68. The Bertz CT molecular complexity index is 507. The first kappa shape index (κ1) is 16.8. The summed E-state index contributed by atoms with van der Waals surface area (Å²) in [5.74, 6) is -1.03. The number of nitrogens with one attached hydrogen (secondary N) is 1. The van der Waals surface area contributed by atoms with Crippen molar-refractivity contribution in [2.45, 2.75) is 45.3 Å². The number of alkyl carbamates (subject to hydrolysis) is 1. The lowest BCUT2D eigenvalue weighted by Gasteiger charge is -2.22. The quantitative estimate of drug-likeness (QED) is 0.774.